The molecular formula is C16H16N8. The molecule has 0 saturated carbocycles. The number of nitrogens with zero attached hydrogens (tertiary/aromatic N) is 6. The van der Waals surface area contributed by atoms with Crippen LogP contribution in [0.1, 0.15) is 5.56 Å². The average Bonchev–Trinajstić information content (AvgIpc) is 3.16. The van der Waals surface area contributed by atoms with Gasteiger partial charge in [-0.05, 0) is 11.6 Å². The Kier molecular flexibility index (Phi) is 3.34. The van der Waals surface area contributed by atoms with Crippen LogP contribution in [0.2, 0.25) is 0 Å². The highest BCUT2D eigenvalue weighted by atomic mass is 15.3. The first-order valence-corrected chi connectivity index (χ1v) is 7.46. The van der Waals surface area contributed by atoms with Gasteiger partial charge in [-0.3, -0.25) is 4.68 Å². The molecule has 4 rings (SSSR count). The fourth-order valence-corrected chi connectivity index (χ4v) is 2.50. The average molecular weight is 320 g/mol. The van der Waals surface area contributed by atoms with Crippen molar-refractivity contribution in [2.24, 2.45) is 7.05 Å². The lowest BCUT2D eigenvalue weighted by atomic mass is 10.2. The van der Waals surface area contributed by atoms with Gasteiger partial charge >= 0.3 is 0 Å². The number of anilines is 3. The van der Waals surface area contributed by atoms with Crippen LogP contribution < -0.4 is 11.1 Å². The van der Waals surface area contributed by atoms with Crippen molar-refractivity contribution in [3.8, 4) is 0 Å². The second-order valence-electron chi connectivity index (χ2n) is 5.50. The van der Waals surface area contributed by atoms with E-state index in [9.17, 15) is 0 Å². The van der Waals surface area contributed by atoms with Crippen LogP contribution in [0.25, 0.3) is 11.0 Å². The van der Waals surface area contributed by atoms with Gasteiger partial charge in [0.1, 0.15) is 0 Å². The molecule has 0 saturated heterocycles. The zero-order chi connectivity index (χ0) is 16.5. The lowest BCUT2D eigenvalue weighted by Crippen LogP contribution is -2.06. The Hall–Kier alpha value is -3.42. The van der Waals surface area contributed by atoms with Gasteiger partial charge in [0.15, 0.2) is 5.65 Å². The Morgan fingerprint density at radius 2 is 2.00 bits per heavy atom. The SMILES string of the molecule is Cn1cc(Nc2ncc3cnn(Cc4ccccc4N)c3n2)cn1. The van der Waals surface area contributed by atoms with Gasteiger partial charge in [0, 0.05) is 25.1 Å². The first-order valence-electron chi connectivity index (χ1n) is 7.46. The van der Waals surface area contributed by atoms with E-state index < -0.39 is 0 Å². The zero-order valence-electron chi connectivity index (χ0n) is 13.1. The lowest BCUT2D eigenvalue weighted by Gasteiger charge is -2.07. The molecule has 0 aliphatic heterocycles. The minimum absolute atomic E-state index is 0.498. The summed E-state index contributed by atoms with van der Waals surface area (Å²) in [7, 11) is 1.86. The molecular weight excluding hydrogens is 304 g/mol. The molecule has 0 radical (unpaired) electrons. The van der Waals surface area contributed by atoms with E-state index in [1.165, 1.54) is 0 Å². The van der Waals surface area contributed by atoms with E-state index in [0.29, 0.717) is 12.5 Å². The zero-order valence-corrected chi connectivity index (χ0v) is 13.1. The minimum atomic E-state index is 0.498. The van der Waals surface area contributed by atoms with Crippen LogP contribution in [0.15, 0.2) is 49.1 Å². The van der Waals surface area contributed by atoms with E-state index in [0.717, 1.165) is 28.0 Å². The van der Waals surface area contributed by atoms with Crippen molar-refractivity contribution in [1.82, 2.24) is 29.5 Å². The number of hydrogen-bond donors (Lipinski definition) is 2. The molecule has 120 valence electrons. The Labute approximate surface area is 138 Å². The molecule has 3 aromatic heterocycles. The van der Waals surface area contributed by atoms with Crippen molar-refractivity contribution in [2.45, 2.75) is 6.54 Å². The molecule has 0 aliphatic carbocycles. The number of nitrogens with one attached hydrogen (secondary N) is 1. The molecule has 1 aromatic carbocycles. The van der Waals surface area contributed by atoms with Crippen molar-refractivity contribution in [1.29, 1.82) is 0 Å². The normalized spacial score (nSPS) is 11.0. The number of fused-ring (bicyclic) bond motifs is 1. The van der Waals surface area contributed by atoms with Crippen LogP contribution in [-0.4, -0.2) is 29.5 Å². The second-order valence-corrected chi connectivity index (χ2v) is 5.50. The van der Waals surface area contributed by atoms with Crippen LogP contribution in [-0.2, 0) is 13.6 Å². The quantitative estimate of drug-likeness (QED) is 0.557. The molecule has 24 heavy (non-hydrogen) atoms. The Balaban J connectivity index is 1.67. The standard InChI is InChI=1S/C16H16N8/c1-23-10-13(8-19-23)21-16-18-6-12-7-20-24(15(12)22-16)9-11-4-2-3-5-14(11)17/h2-8,10H,9,17H2,1H3,(H,18,21,22). The largest absolute Gasteiger partial charge is 0.398 e. The summed E-state index contributed by atoms with van der Waals surface area (Å²) in [4.78, 5) is 8.88. The highest BCUT2D eigenvalue weighted by molar-refractivity contribution is 5.75. The predicted molar refractivity (Wildman–Crippen MR) is 91.8 cm³/mol. The lowest BCUT2D eigenvalue weighted by molar-refractivity contribution is 0.705. The molecule has 0 bridgehead atoms. The van der Waals surface area contributed by atoms with Crippen LogP contribution in [0.4, 0.5) is 17.3 Å². The van der Waals surface area contributed by atoms with Crippen LogP contribution >= 0.6 is 0 Å². The van der Waals surface area contributed by atoms with Crippen LogP contribution in [0.3, 0.4) is 0 Å². The van der Waals surface area contributed by atoms with Crippen LogP contribution in [0.5, 0.6) is 0 Å². The molecule has 0 unspecified atom stereocenters. The van der Waals surface area contributed by atoms with E-state index in [1.54, 1.807) is 23.3 Å². The summed E-state index contributed by atoms with van der Waals surface area (Å²) in [6, 6.07) is 7.74. The van der Waals surface area contributed by atoms with Gasteiger partial charge in [-0.25, -0.2) is 9.67 Å². The number of aryl methyl sites for hydroxylation is 1. The molecule has 8 nitrogen and oxygen atoms in total. The minimum Gasteiger partial charge on any atom is -0.398 e. The summed E-state index contributed by atoms with van der Waals surface area (Å²) >= 11 is 0. The third-order valence-corrected chi connectivity index (χ3v) is 3.71. The maximum absolute atomic E-state index is 6.02. The Morgan fingerprint density at radius 1 is 1.12 bits per heavy atom. The van der Waals surface area contributed by atoms with Gasteiger partial charge in [-0.1, -0.05) is 18.2 Å². The van der Waals surface area contributed by atoms with E-state index >= 15 is 0 Å². The van der Waals surface area contributed by atoms with Gasteiger partial charge in [0.05, 0.1) is 30.0 Å². The second kappa shape index (κ2) is 5.65. The maximum Gasteiger partial charge on any atom is 0.229 e. The summed E-state index contributed by atoms with van der Waals surface area (Å²) in [5.74, 6) is 0.498. The smallest absolute Gasteiger partial charge is 0.229 e. The number of benzene rings is 1. The van der Waals surface area contributed by atoms with Gasteiger partial charge < -0.3 is 11.1 Å². The molecule has 3 N–H and O–H groups in total. The molecule has 0 spiro atoms. The number of para-hydroxylation sites is 1. The van der Waals surface area contributed by atoms with E-state index in [1.807, 2.05) is 42.2 Å². The molecule has 0 amide bonds. The number of nitrogen functional groups attached to an aromatic ring is 1. The van der Waals surface area contributed by atoms with E-state index in [-0.39, 0.29) is 0 Å². The topological polar surface area (TPSA) is 99.5 Å². The predicted octanol–water partition coefficient (Wildman–Crippen LogP) is 1.93. The summed E-state index contributed by atoms with van der Waals surface area (Å²) in [6.45, 7) is 0.555. The number of aromatic nitrogens is 6. The monoisotopic (exact) mass is 320 g/mol. The Bertz CT molecular complexity index is 1000. The summed E-state index contributed by atoms with van der Waals surface area (Å²) < 4.78 is 3.53. The van der Waals surface area contributed by atoms with Crippen molar-refractivity contribution in [3.05, 3.63) is 54.6 Å². The molecule has 0 aliphatic rings. The van der Waals surface area contributed by atoms with Gasteiger partial charge in [0.2, 0.25) is 5.95 Å². The number of nitrogens with two attached hydrogens (primary N) is 1. The maximum atomic E-state index is 6.02. The molecule has 0 fully saturated rings. The van der Waals surface area contributed by atoms with Crippen molar-refractivity contribution in [2.75, 3.05) is 11.1 Å². The fraction of sp³-hybridized carbons (Fsp3) is 0.125. The Morgan fingerprint density at radius 3 is 2.79 bits per heavy atom. The van der Waals surface area contributed by atoms with E-state index in [4.69, 9.17) is 5.73 Å². The highest BCUT2D eigenvalue weighted by Crippen LogP contribution is 2.18. The molecule has 4 aromatic rings. The summed E-state index contributed by atoms with van der Waals surface area (Å²) in [6.07, 6.45) is 7.08. The number of rotatable bonds is 4. The summed E-state index contributed by atoms with van der Waals surface area (Å²) in [5, 5.41) is 12.5. The molecule has 0 atom stereocenters. The van der Waals surface area contributed by atoms with Gasteiger partial charge in [-0.15, -0.1) is 0 Å². The highest BCUT2D eigenvalue weighted by Gasteiger charge is 2.09. The number of hydrogen-bond acceptors (Lipinski definition) is 6. The van der Waals surface area contributed by atoms with Crippen LogP contribution in [0, 0.1) is 0 Å². The van der Waals surface area contributed by atoms with Crippen molar-refractivity contribution in [3.63, 3.8) is 0 Å². The van der Waals surface area contributed by atoms with Crippen molar-refractivity contribution >= 4 is 28.4 Å². The van der Waals surface area contributed by atoms with E-state index in [2.05, 4.69) is 25.5 Å². The third kappa shape index (κ3) is 2.65. The molecule has 8 heteroatoms. The summed E-state index contributed by atoms with van der Waals surface area (Å²) in [5.41, 5.74) is 9.34. The fourth-order valence-electron chi connectivity index (χ4n) is 2.50. The van der Waals surface area contributed by atoms with Gasteiger partial charge in [-0.2, -0.15) is 15.2 Å². The molecule has 3 heterocycles. The van der Waals surface area contributed by atoms with Gasteiger partial charge in [0.25, 0.3) is 0 Å². The van der Waals surface area contributed by atoms with Crippen molar-refractivity contribution < 1.29 is 0 Å². The first kappa shape index (κ1) is 14.2. The first-order chi connectivity index (χ1) is 11.7. The third-order valence-electron chi connectivity index (χ3n) is 3.71.